The van der Waals surface area contributed by atoms with Gasteiger partial charge in [0.25, 0.3) is 0 Å². The van der Waals surface area contributed by atoms with Crippen LogP contribution in [0.15, 0.2) is 21.6 Å². The van der Waals surface area contributed by atoms with Crippen LogP contribution in [-0.2, 0) is 0 Å². The van der Waals surface area contributed by atoms with Crippen LogP contribution in [0.25, 0.3) is 0 Å². The molecule has 1 fully saturated rings. The fourth-order valence-corrected chi connectivity index (χ4v) is 3.98. The first-order valence-corrected chi connectivity index (χ1v) is 8.34. The number of nitrogens with zero attached hydrogens (tertiary/aromatic N) is 3. The zero-order valence-corrected chi connectivity index (χ0v) is 14.4. The number of likely N-dealkylation sites (tertiary alicyclic amines) is 1. The molecule has 0 amide bonds. The van der Waals surface area contributed by atoms with Gasteiger partial charge < -0.3 is 4.90 Å². The molecule has 3 heterocycles. The summed E-state index contributed by atoms with van der Waals surface area (Å²) in [6.07, 6.45) is 3.89. The van der Waals surface area contributed by atoms with Crippen molar-refractivity contribution in [1.82, 2.24) is 4.90 Å². The third-order valence-electron chi connectivity index (χ3n) is 3.12. The maximum absolute atomic E-state index is 5.94. The van der Waals surface area contributed by atoms with Crippen molar-refractivity contribution >= 4 is 62.6 Å². The summed E-state index contributed by atoms with van der Waals surface area (Å²) < 4.78 is 0.809. The summed E-state index contributed by atoms with van der Waals surface area (Å²) in [7, 11) is 0. The van der Waals surface area contributed by atoms with Crippen LogP contribution in [0.4, 0.5) is 0 Å². The van der Waals surface area contributed by atoms with Crippen molar-refractivity contribution in [3.05, 3.63) is 21.3 Å². The Bertz CT molecular complexity index is 495. The molecule has 3 rings (SSSR count). The van der Waals surface area contributed by atoms with E-state index in [1.807, 2.05) is 11.4 Å². The molecule has 2 aliphatic rings. The Morgan fingerprint density at radius 1 is 1.16 bits per heavy atom. The van der Waals surface area contributed by atoms with E-state index in [1.165, 1.54) is 19.3 Å². The Balaban J connectivity index is 0.00000133. The van der Waals surface area contributed by atoms with Crippen LogP contribution >= 0.6 is 51.7 Å². The second-order valence-corrected chi connectivity index (χ2v) is 6.89. The number of hydrogen-bond donors (Lipinski definition) is 0. The van der Waals surface area contributed by atoms with Gasteiger partial charge in [-0.25, -0.2) is 0 Å². The van der Waals surface area contributed by atoms with Crippen molar-refractivity contribution in [1.29, 1.82) is 0 Å². The zero-order valence-electron chi connectivity index (χ0n) is 10.3. The van der Waals surface area contributed by atoms with Crippen LogP contribution in [0.1, 0.15) is 24.8 Å². The molecule has 2 aliphatic heterocycles. The van der Waals surface area contributed by atoms with Crippen molar-refractivity contribution in [3.63, 3.8) is 0 Å². The maximum Gasteiger partial charge on any atom is 0.186 e. The van der Waals surface area contributed by atoms with Gasteiger partial charge in [-0.15, -0.1) is 33.4 Å². The molecule has 0 N–H and O–H groups in total. The molecule has 0 saturated carbocycles. The lowest BCUT2D eigenvalue weighted by molar-refractivity contribution is 0.347. The third-order valence-corrected chi connectivity index (χ3v) is 5.23. The number of rotatable bonds is 1. The van der Waals surface area contributed by atoms with Crippen LogP contribution in [0, 0.1) is 0 Å². The summed E-state index contributed by atoms with van der Waals surface area (Å²) in [4.78, 5) is 2.36. The SMILES string of the molecule is Br.Clc1cc(C2=NN=C(N3CCCCC3)SC2)cs1. The molecule has 0 bridgehead atoms. The fraction of sp³-hybridized carbons (Fsp3) is 0.500. The molecular weight excluding hydrogens is 366 g/mol. The van der Waals surface area contributed by atoms with Crippen LogP contribution in [0.5, 0.6) is 0 Å². The van der Waals surface area contributed by atoms with Gasteiger partial charge >= 0.3 is 0 Å². The number of piperidine rings is 1. The minimum absolute atomic E-state index is 0. The van der Waals surface area contributed by atoms with Crippen molar-refractivity contribution in [2.75, 3.05) is 18.8 Å². The minimum atomic E-state index is 0. The molecular formula is C12H15BrClN3S2. The summed E-state index contributed by atoms with van der Waals surface area (Å²) in [5.41, 5.74) is 2.14. The van der Waals surface area contributed by atoms with Gasteiger partial charge in [0.2, 0.25) is 0 Å². The van der Waals surface area contributed by atoms with Gasteiger partial charge in [0, 0.05) is 29.8 Å². The van der Waals surface area contributed by atoms with Crippen molar-refractivity contribution < 1.29 is 0 Å². The predicted molar refractivity (Wildman–Crippen MR) is 91.5 cm³/mol. The lowest BCUT2D eigenvalue weighted by Crippen LogP contribution is -2.35. The fourth-order valence-electron chi connectivity index (χ4n) is 2.14. The molecule has 0 radical (unpaired) electrons. The Hall–Kier alpha value is -0.0400. The molecule has 19 heavy (non-hydrogen) atoms. The summed E-state index contributed by atoms with van der Waals surface area (Å²) in [6, 6.07) is 1.97. The second kappa shape index (κ2) is 7.11. The van der Waals surface area contributed by atoms with Crippen LogP contribution in [0.2, 0.25) is 4.34 Å². The highest BCUT2D eigenvalue weighted by atomic mass is 79.9. The Labute approximate surface area is 136 Å². The average Bonchev–Trinajstić information content (AvgIpc) is 2.87. The summed E-state index contributed by atoms with van der Waals surface area (Å²) >= 11 is 9.27. The van der Waals surface area contributed by atoms with Gasteiger partial charge in [-0.2, -0.15) is 5.10 Å². The molecule has 0 spiro atoms. The van der Waals surface area contributed by atoms with Gasteiger partial charge in [-0.3, -0.25) is 0 Å². The van der Waals surface area contributed by atoms with E-state index in [-0.39, 0.29) is 17.0 Å². The average molecular weight is 381 g/mol. The van der Waals surface area contributed by atoms with Gasteiger partial charge in [0.05, 0.1) is 10.0 Å². The zero-order chi connectivity index (χ0) is 12.4. The Morgan fingerprint density at radius 3 is 2.53 bits per heavy atom. The largest absolute Gasteiger partial charge is 0.350 e. The lowest BCUT2D eigenvalue weighted by Gasteiger charge is -2.29. The second-order valence-electron chi connectivity index (χ2n) is 4.41. The summed E-state index contributed by atoms with van der Waals surface area (Å²) in [5.74, 6) is 0.891. The quantitative estimate of drug-likeness (QED) is 0.727. The molecule has 0 aliphatic carbocycles. The summed E-state index contributed by atoms with van der Waals surface area (Å²) in [5, 5.41) is 11.9. The van der Waals surface area contributed by atoms with Crippen molar-refractivity contribution in [2.24, 2.45) is 10.2 Å². The third kappa shape index (κ3) is 3.74. The van der Waals surface area contributed by atoms with Gasteiger partial charge in [-0.05, 0) is 25.3 Å². The van der Waals surface area contributed by atoms with Crippen LogP contribution in [-0.4, -0.2) is 34.6 Å². The van der Waals surface area contributed by atoms with E-state index in [9.17, 15) is 0 Å². The van der Waals surface area contributed by atoms with E-state index in [4.69, 9.17) is 11.6 Å². The normalized spacial score (nSPS) is 19.5. The van der Waals surface area contributed by atoms with Crippen LogP contribution in [0.3, 0.4) is 0 Å². The number of hydrogen-bond acceptors (Lipinski definition) is 5. The molecule has 0 atom stereocenters. The lowest BCUT2D eigenvalue weighted by atomic mass is 10.1. The molecule has 7 heteroatoms. The van der Waals surface area contributed by atoms with Gasteiger partial charge in [0.1, 0.15) is 0 Å². The minimum Gasteiger partial charge on any atom is -0.350 e. The van der Waals surface area contributed by atoms with Crippen molar-refractivity contribution in [3.8, 4) is 0 Å². The monoisotopic (exact) mass is 379 g/mol. The molecule has 0 unspecified atom stereocenters. The van der Waals surface area contributed by atoms with E-state index < -0.39 is 0 Å². The highest BCUT2D eigenvalue weighted by molar-refractivity contribution is 8.93. The molecule has 3 nitrogen and oxygen atoms in total. The smallest absolute Gasteiger partial charge is 0.186 e. The topological polar surface area (TPSA) is 28.0 Å². The molecule has 104 valence electrons. The number of thioether (sulfide) groups is 1. The number of thiophene rings is 1. The van der Waals surface area contributed by atoms with E-state index in [0.717, 1.165) is 39.6 Å². The first kappa shape index (κ1) is 15.4. The predicted octanol–water partition coefficient (Wildman–Crippen LogP) is 4.27. The maximum atomic E-state index is 5.94. The number of halogens is 2. The van der Waals surface area contributed by atoms with Crippen LogP contribution < -0.4 is 0 Å². The molecule has 1 aromatic rings. The number of amidine groups is 1. The summed E-state index contributed by atoms with van der Waals surface area (Å²) in [6.45, 7) is 2.25. The Kier molecular flexibility index (Phi) is 5.74. The highest BCUT2D eigenvalue weighted by Crippen LogP contribution is 2.25. The van der Waals surface area contributed by atoms with Gasteiger partial charge in [0.15, 0.2) is 5.17 Å². The molecule has 0 aromatic carbocycles. The first-order valence-electron chi connectivity index (χ1n) is 6.09. The highest BCUT2D eigenvalue weighted by Gasteiger charge is 2.20. The van der Waals surface area contributed by atoms with E-state index >= 15 is 0 Å². The molecule has 1 aromatic heterocycles. The Morgan fingerprint density at radius 2 is 1.95 bits per heavy atom. The van der Waals surface area contributed by atoms with E-state index in [1.54, 1.807) is 23.1 Å². The standard InChI is InChI=1S/C12H14ClN3S2.BrH/c13-11-6-9(7-17-11)10-8-18-12(15-14-10)16-4-2-1-3-5-16;/h6-7H,1-5,8H2;1H. The van der Waals surface area contributed by atoms with E-state index in [2.05, 4.69) is 15.1 Å². The van der Waals surface area contributed by atoms with Gasteiger partial charge in [-0.1, -0.05) is 23.4 Å². The van der Waals surface area contributed by atoms with E-state index in [0.29, 0.717) is 0 Å². The first-order chi connectivity index (χ1) is 8.83. The van der Waals surface area contributed by atoms with Crippen molar-refractivity contribution in [2.45, 2.75) is 19.3 Å². The molecule has 1 saturated heterocycles.